The smallest absolute Gasteiger partial charge is 0.0705 e. The lowest BCUT2D eigenvalue weighted by atomic mass is 10.1. The van der Waals surface area contributed by atoms with Gasteiger partial charge in [-0.15, -0.1) is 0 Å². The van der Waals surface area contributed by atoms with Gasteiger partial charge >= 0.3 is 0 Å². The Morgan fingerprint density at radius 2 is 2.00 bits per heavy atom. The summed E-state index contributed by atoms with van der Waals surface area (Å²) in [6.45, 7) is 3.46. The number of hydrogen-bond acceptors (Lipinski definition) is 3. The summed E-state index contributed by atoms with van der Waals surface area (Å²) in [5.74, 6) is 0. The van der Waals surface area contributed by atoms with E-state index in [4.69, 9.17) is 4.74 Å². The molecule has 3 nitrogen and oxygen atoms in total. The molecule has 0 radical (unpaired) electrons. The van der Waals surface area contributed by atoms with Crippen molar-refractivity contribution in [2.45, 2.75) is 32.3 Å². The van der Waals surface area contributed by atoms with E-state index in [2.05, 4.69) is 18.0 Å². The Hall–Kier alpha value is -1.45. The first kappa shape index (κ1) is 14.0. The number of pyridine rings is 1. The maximum atomic E-state index is 9.95. The minimum Gasteiger partial charge on any atom is -0.393 e. The summed E-state index contributed by atoms with van der Waals surface area (Å²) in [7, 11) is 0. The monoisotopic (exact) mass is 259 g/mol. The second-order valence-electron chi connectivity index (χ2n) is 4.75. The quantitative estimate of drug-likeness (QED) is 0.777. The molecule has 1 N–H and O–H groups in total. The fourth-order valence-electron chi connectivity index (χ4n) is 2.03. The van der Waals surface area contributed by atoms with E-state index in [1.54, 1.807) is 0 Å². The van der Waals surface area contributed by atoms with E-state index in [0.717, 1.165) is 29.6 Å². The van der Waals surface area contributed by atoms with Gasteiger partial charge in [0, 0.05) is 30.7 Å². The van der Waals surface area contributed by atoms with Crippen LogP contribution in [0.4, 0.5) is 0 Å². The Morgan fingerprint density at radius 1 is 1.16 bits per heavy atom. The highest BCUT2D eigenvalue weighted by Gasteiger charge is 2.07. The van der Waals surface area contributed by atoms with Crippen LogP contribution in [0.1, 0.15) is 25.5 Å². The summed E-state index contributed by atoms with van der Waals surface area (Å²) in [6, 6.07) is 12.1. The zero-order valence-corrected chi connectivity index (χ0v) is 11.4. The molecule has 0 fully saturated rings. The summed E-state index contributed by atoms with van der Waals surface area (Å²) in [6.07, 6.45) is 1.88. The minimum atomic E-state index is -0.384. The van der Waals surface area contributed by atoms with Gasteiger partial charge in [-0.2, -0.15) is 0 Å². The predicted molar refractivity (Wildman–Crippen MR) is 77.2 cm³/mol. The van der Waals surface area contributed by atoms with Crippen LogP contribution in [-0.2, 0) is 11.2 Å². The first-order valence-electron chi connectivity index (χ1n) is 6.90. The van der Waals surface area contributed by atoms with Crippen molar-refractivity contribution < 1.29 is 9.84 Å². The molecular weight excluding hydrogens is 238 g/mol. The molecule has 0 spiro atoms. The summed E-state index contributed by atoms with van der Waals surface area (Å²) in [5.41, 5.74) is 1.91. The van der Waals surface area contributed by atoms with E-state index in [1.165, 1.54) is 0 Å². The van der Waals surface area contributed by atoms with Gasteiger partial charge in [0.1, 0.15) is 0 Å². The normalized spacial score (nSPS) is 12.7. The number of para-hydroxylation sites is 1. The Balaban J connectivity index is 1.89. The molecule has 0 aliphatic heterocycles. The third kappa shape index (κ3) is 4.30. The highest BCUT2D eigenvalue weighted by atomic mass is 16.5. The van der Waals surface area contributed by atoms with Crippen LogP contribution in [0, 0.1) is 0 Å². The van der Waals surface area contributed by atoms with Crippen LogP contribution < -0.4 is 0 Å². The maximum absolute atomic E-state index is 9.95. The van der Waals surface area contributed by atoms with Crippen molar-refractivity contribution >= 4 is 10.9 Å². The highest BCUT2D eigenvalue weighted by molar-refractivity contribution is 5.78. The van der Waals surface area contributed by atoms with Gasteiger partial charge in [0.25, 0.3) is 0 Å². The standard InChI is InChI=1S/C16H21NO2/c1-2-10-19-11-9-15(18)12-14-8-7-13-5-3-4-6-16(13)17-14/h3-8,15,18H,2,9-12H2,1H3. The SMILES string of the molecule is CCCOCCC(O)Cc1ccc2ccccc2n1. The fraction of sp³-hybridized carbons (Fsp3) is 0.438. The Morgan fingerprint density at radius 3 is 2.84 bits per heavy atom. The van der Waals surface area contributed by atoms with E-state index in [-0.39, 0.29) is 6.10 Å². The van der Waals surface area contributed by atoms with Crippen LogP contribution in [-0.4, -0.2) is 29.4 Å². The van der Waals surface area contributed by atoms with E-state index >= 15 is 0 Å². The second kappa shape index (κ2) is 7.22. The molecule has 1 unspecified atom stereocenters. The van der Waals surface area contributed by atoms with Gasteiger partial charge in [0.15, 0.2) is 0 Å². The average molecular weight is 259 g/mol. The third-order valence-electron chi connectivity index (χ3n) is 3.04. The van der Waals surface area contributed by atoms with Gasteiger partial charge in [-0.3, -0.25) is 4.98 Å². The van der Waals surface area contributed by atoms with Crippen molar-refractivity contribution in [3.63, 3.8) is 0 Å². The van der Waals surface area contributed by atoms with Crippen LogP contribution >= 0.6 is 0 Å². The zero-order chi connectivity index (χ0) is 13.5. The largest absolute Gasteiger partial charge is 0.393 e. The minimum absolute atomic E-state index is 0.384. The summed E-state index contributed by atoms with van der Waals surface area (Å²) in [4.78, 5) is 4.56. The van der Waals surface area contributed by atoms with Crippen LogP contribution in [0.25, 0.3) is 10.9 Å². The summed E-state index contributed by atoms with van der Waals surface area (Å²) >= 11 is 0. The van der Waals surface area contributed by atoms with Crippen molar-refractivity contribution in [3.8, 4) is 0 Å². The lowest BCUT2D eigenvalue weighted by Gasteiger charge is -2.10. The third-order valence-corrected chi connectivity index (χ3v) is 3.04. The fourth-order valence-corrected chi connectivity index (χ4v) is 2.03. The molecule has 0 aliphatic rings. The topological polar surface area (TPSA) is 42.4 Å². The molecule has 102 valence electrons. The number of benzene rings is 1. The molecule has 0 saturated heterocycles. The number of hydrogen-bond donors (Lipinski definition) is 1. The molecule has 1 heterocycles. The van der Waals surface area contributed by atoms with Gasteiger partial charge in [-0.1, -0.05) is 31.2 Å². The molecule has 2 rings (SSSR count). The van der Waals surface area contributed by atoms with E-state index < -0.39 is 0 Å². The van der Waals surface area contributed by atoms with Crippen molar-refractivity contribution in [1.82, 2.24) is 4.98 Å². The lowest BCUT2D eigenvalue weighted by molar-refractivity contribution is 0.0820. The average Bonchev–Trinajstić information content (AvgIpc) is 2.43. The molecule has 2 aromatic rings. The molecule has 19 heavy (non-hydrogen) atoms. The van der Waals surface area contributed by atoms with Crippen molar-refractivity contribution in [3.05, 3.63) is 42.1 Å². The number of rotatable bonds is 7. The van der Waals surface area contributed by atoms with Crippen LogP contribution in [0.3, 0.4) is 0 Å². The van der Waals surface area contributed by atoms with Gasteiger partial charge in [-0.05, 0) is 25.0 Å². The molecular formula is C16H21NO2. The van der Waals surface area contributed by atoms with Crippen LogP contribution in [0.5, 0.6) is 0 Å². The van der Waals surface area contributed by atoms with Gasteiger partial charge < -0.3 is 9.84 Å². The summed E-state index contributed by atoms with van der Waals surface area (Å²) < 4.78 is 5.38. The number of ether oxygens (including phenoxy) is 1. The highest BCUT2D eigenvalue weighted by Crippen LogP contribution is 2.13. The molecule has 1 aromatic carbocycles. The first-order chi connectivity index (χ1) is 9.29. The number of fused-ring (bicyclic) bond motifs is 1. The molecule has 0 saturated carbocycles. The van der Waals surface area contributed by atoms with Crippen LogP contribution in [0.15, 0.2) is 36.4 Å². The zero-order valence-electron chi connectivity index (χ0n) is 11.4. The number of aromatic nitrogens is 1. The van der Waals surface area contributed by atoms with Gasteiger partial charge in [-0.25, -0.2) is 0 Å². The number of aliphatic hydroxyl groups is 1. The summed E-state index contributed by atoms with van der Waals surface area (Å²) in [5, 5.41) is 11.1. The van der Waals surface area contributed by atoms with E-state index in [9.17, 15) is 5.11 Å². The van der Waals surface area contributed by atoms with E-state index in [1.807, 2.05) is 30.3 Å². The molecule has 1 atom stereocenters. The molecule has 0 amide bonds. The number of nitrogens with zero attached hydrogens (tertiary/aromatic N) is 1. The van der Waals surface area contributed by atoms with Crippen molar-refractivity contribution in [2.24, 2.45) is 0 Å². The maximum Gasteiger partial charge on any atom is 0.0705 e. The number of aliphatic hydroxyl groups excluding tert-OH is 1. The van der Waals surface area contributed by atoms with Gasteiger partial charge in [0.2, 0.25) is 0 Å². The molecule has 3 heteroatoms. The Labute approximate surface area is 114 Å². The molecule has 0 bridgehead atoms. The predicted octanol–water partition coefficient (Wildman–Crippen LogP) is 2.95. The first-order valence-corrected chi connectivity index (χ1v) is 6.90. The Bertz CT molecular complexity index is 513. The Kier molecular flexibility index (Phi) is 5.31. The van der Waals surface area contributed by atoms with Crippen molar-refractivity contribution in [2.75, 3.05) is 13.2 Å². The second-order valence-corrected chi connectivity index (χ2v) is 4.75. The lowest BCUT2D eigenvalue weighted by Crippen LogP contribution is -2.14. The van der Waals surface area contributed by atoms with E-state index in [0.29, 0.717) is 19.4 Å². The molecule has 0 aliphatic carbocycles. The van der Waals surface area contributed by atoms with Gasteiger partial charge in [0.05, 0.1) is 11.6 Å². The molecule has 1 aromatic heterocycles. The van der Waals surface area contributed by atoms with Crippen molar-refractivity contribution in [1.29, 1.82) is 0 Å². The van der Waals surface area contributed by atoms with Crippen LogP contribution in [0.2, 0.25) is 0 Å².